The standard InChI is InChI=1S/C33H26Cl2/c1-21-29(25-17-9-11-19-27(25)31(21)34)33(23-13-5-3-6-14-23,24-15-7-4-8-16-24)30-22(2)32(35)28-20-12-10-18-26(28)30/h3-20,31-32H,1-2H3. The molecule has 2 atom stereocenters. The van der Waals surface area contributed by atoms with E-state index in [0.29, 0.717) is 0 Å². The fraction of sp³-hybridized carbons (Fsp3) is 0.152. The molecule has 0 saturated carbocycles. The molecule has 6 rings (SSSR count). The fourth-order valence-electron chi connectivity index (χ4n) is 6.28. The molecule has 172 valence electrons. The van der Waals surface area contributed by atoms with E-state index >= 15 is 0 Å². The second kappa shape index (κ2) is 8.55. The zero-order valence-electron chi connectivity index (χ0n) is 19.8. The van der Waals surface area contributed by atoms with Crippen LogP contribution in [0.1, 0.15) is 58.0 Å². The number of alkyl halides is 2. The van der Waals surface area contributed by atoms with Gasteiger partial charge in [-0.1, -0.05) is 109 Å². The zero-order chi connectivity index (χ0) is 24.2. The lowest BCUT2D eigenvalue weighted by molar-refractivity contribution is 0.851. The number of rotatable bonds is 4. The summed E-state index contributed by atoms with van der Waals surface area (Å²) in [6.07, 6.45) is 0. The molecule has 2 heteroatoms. The molecule has 0 bridgehead atoms. The van der Waals surface area contributed by atoms with Crippen molar-refractivity contribution in [2.75, 3.05) is 0 Å². The predicted molar refractivity (Wildman–Crippen MR) is 149 cm³/mol. The van der Waals surface area contributed by atoms with Crippen molar-refractivity contribution in [3.05, 3.63) is 154 Å². The van der Waals surface area contributed by atoms with Crippen LogP contribution in [0.4, 0.5) is 0 Å². The summed E-state index contributed by atoms with van der Waals surface area (Å²) in [4.78, 5) is 0. The molecule has 0 radical (unpaired) electrons. The molecule has 0 heterocycles. The molecule has 0 aliphatic heterocycles. The van der Waals surface area contributed by atoms with Crippen LogP contribution in [0.25, 0.3) is 11.1 Å². The smallest absolute Gasteiger partial charge is 0.0805 e. The van der Waals surface area contributed by atoms with Gasteiger partial charge in [0.05, 0.1) is 16.2 Å². The largest absolute Gasteiger partial charge is 0.113 e. The van der Waals surface area contributed by atoms with Gasteiger partial charge in [-0.3, -0.25) is 0 Å². The van der Waals surface area contributed by atoms with E-state index in [1.54, 1.807) is 0 Å². The molecule has 0 aromatic heterocycles. The molecule has 0 fully saturated rings. The van der Waals surface area contributed by atoms with Gasteiger partial charge >= 0.3 is 0 Å². The van der Waals surface area contributed by atoms with Crippen LogP contribution >= 0.6 is 23.2 Å². The third kappa shape index (κ3) is 3.13. The summed E-state index contributed by atoms with van der Waals surface area (Å²) in [5.41, 5.74) is 11.5. The van der Waals surface area contributed by atoms with Crippen LogP contribution in [0.15, 0.2) is 120 Å². The molecule has 2 aliphatic rings. The van der Waals surface area contributed by atoms with Crippen molar-refractivity contribution in [1.82, 2.24) is 0 Å². The van der Waals surface area contributed by atoms with Crippen LogP contribution in [0, 0.1) is 0 Å². The molecule has 0 saturated heterocycles. The van der Waals surface area contributed by atoms with E-state index < -0.39 is 5.41 Å². The van der Waals surface area contributed by atoms with Crippen molar-refractivity contribution in [3.8, 4) is 0 Å². The highest BCUT2D eigenvalue weighted by Crippen LogP contribution is 2.63. The van der Waals surface area contributed by atoms with Crippen LogP contribution in [0.5, 0.6) is 0 Å². The molecule has 4 aromatic rings. The van der Waals surface area contributed by atoms with Gasteiger partial charge in [-0.15, -0.1) is 23.2 Å². The Bertz CT molecular complexity index is 1360. The zero-order valence-corrected chi connectivity index (χ0v) is 21.3. The topological polar surface area (TPSA) is 0 Å². The summed E-state index contributed by atoms with van der Waals surface area (Å²) in [6, 6.07) is 38.9. The first kappa shape index (κ1) is 22.4. The minimum atomic E-state index is -0.573. The number of allylic oxidation sites excluding steroid dienone is 4. The van der Waals surface area contributed by atoms with Gasteiger partial charge in [0, 0.05) is 0 Å². The molecule has 0 nitrogen and oxygen atoms in total. The summed E-state index contributed by atoms with van der Waals surface area (Å²) in [5, 5.41) is -0.338. The first-order valence-electron chi connectivity index (χ1n) is 12.1. The second-order valence-electron chi connectivity index (χ2n) is 9.50. The molecule has 35 heavy (non-hydrogen) atoms. The van der Waals surface area contributed by atoms with Crippen molar-refractivity contribution in [2.45, 2.75) is 30.0 Å². The lowest BCUT2D eigenvalue weighted by atomic mass is 9.60. The van der Waals surface area contributed by atoms with Crippen molar-refractivity contribution in [2.24, 2.45) is 0 Å². The Balaban J connectivity index is 1.83. The highest BCUT2D eigenvalue weighted by molar-refractivity contribution is 6.26. The maximum absolute atomic E-state index is 7.14. The van der Waals surface area contributed by atoms with E-state index in [0.717, 1.165) is 0 Å². The first-order chi connectivity index (χ1) is 17.1. The third-order valence-corrected chi connectivity index (χ3v) is 8.84. The van der Waals surface area contributed by atoms with Crippen LogP contribution < -0.4 is 0 Å². The summed E-state index contributed by atoms with van der Waals surface area (Å²) in [5.74, 6) is 0. The van der Waals surface area contributed by atoms with E-state index in [-0.39, 0.29) is 10.8 Å². The van der Waals surface area contributed by atoms with Crippen molar-refractivity contribution < 1.29 is 0 Å². The molecule has 0 amide bonds. The number of halogens is 2. The average Bonchev–Trinajstić information content (AvgIpc) is 3.32. The molecule has 2 unspecified atom stereocenters. The van der Waals surface area contributed by atoms with E-state index in [2.05, 4.69) is 123 Å². The van der Waals surface area contributed by atoms with Crippen LogP contribution in [-0.4, -0.2) is 0 Å². The van der Waals surface area contributed by atoms with Gasteiger partial charge in [0.2, 0.25) is 0 Å². The summed E-state index contributed by atoms with van der Waals surface area (Å²) >= 11 is 14.3. The molecular formula is C33H26Cl2. The Hall–Kier alpha value is -3.06. The predicted octanol–water partition coefficient (Wildman–Crippen LogP) is 9.51. The van der Waals surface area contributed by atoms with Crippen LogP contribution in [0.2, 0.25) is 0 Å². The van der Waals surface area contributed by atoms with E-state index in [4.69, 9.17) is 23.2 Å². The molecular weight excluding hydrogens is 467 g/mol. The average molecular weight is 493 g/mol. The highest BCUT2D eigenvalue weighted by atomic mass is 35.5. The number of benzene rings is 4. The Morgan fingerprint density at radius 2 is 0.829 bits per heavy atom. The minimum absolute atomic E-state index is 0.169. The first-order valence-corrected chi connectivity index (χ1v) is 12.9. The number of hydrogen-bond acceptors (Lipinski definition) is 0. The SMILES string of the molecule is CC1=C(C(C2=C(C)C(Cl)c3ccccc32)(c2ccccc2)c2ccccc2)c2ccccc2C1Cl. The Morgan fingerprint density at radius 3 is 1.23 bits per heavy atom. The summed E-state index contributed by atoms with van der Waals surface area (Å²) in [7, 11) is 0. The quantitative estimate of drug-likeness (QED) is 0.248. The van der Waals surface area contributed by atoms with Crippen LogP contribution in [0.3, 0.4) is 0 Å². The van der Waals surface area contributed by atoms with Crippen molar-refractivity contribution >= 4 is 34.3 Å². The minimum Gasteiger partial charge on any atom is -0.113 e. The lowest BCUT2D eigenvalue weighted by Crippen LogP contribution is -2.32. The summed E-state index contributed by atoms with van der Waals surface area (Å²) < 4.78 is 0. The van der Waals surface area contributed by atoms with Gasteiger partial charge in [-0.05, 0) is 69.5 Å². The second-order valence-corrected chi connectivity index (χ2v) is 10.4. The third-order valence-electron chi connectivity index (χ3n) is 7.72. The monoisotopic (exact) mass is 492 g/mol. The van der Waals surface area contributed by atoms with E-state index in [9.17, 15) is 0 Å². The van der Waals surface area contributed by atoms with Gasteiger partial charge in [0.15, 0.2) is 0 Å². The maximum Gasteiger partial charge on any atom is 0.0805 e. The van der Waals surface area contributed by atoms with Crippen molar-refractivity contribution in [3.63, 3.8) is 0 Å². The summed E-state index contributed by atoms with van der Waals surface area (Å²) in [6.45, 7) is 4.39. The van der Waals surface area contributed by atoms with Gasteiger partial charge in [0.1, 0.15) is 0 Å². The Labute approximate surface area is 217 Å². The molecule has 0 N–H and O–H groups in total. The van der Waals surface area contributed by atoms with Gasteiger partial charge < -0.3 is 0 Å². The van der Waals surface area contributed by atoms with Crippen LogP contribution in [-0.2, 0) is 5.41 Å². The van der Waals surface area contributed by atoms with Gasteiger partial charge in [0.25, 0.3) is 0 Å². The molecule has 4 aromatic carbocycles. The number of hydrogen-bond donors (Lipinski definition) is 0. The van der Waals surface area contributed by atoms with Gasteiger partial charge in [-0.25, -0.2) is 0 Å². The van der Waals surface area contributed by atoms with Gasteiger partial charge in [-0.2, -0.15) is 0 Å². The molecule has 0 spiro atoms. The highest BCUT2D eigenvalue weighted by Gasteiger charge is 2.50. The maximum atomic E-state index is 7.14. The van der Waals surface area contributed by atoms with Crippen molar-refractivity contribution in [1.29, 1.82) is 0 Å². The Kier molecular flexibility index (Phi) is 5.48. The molecule has 2 aliphatic carbocycles. The van der Waals surface area contributed by atoms with E-state index in [1.165, 1.54) is 55.7 Å². The fourth-order valence-corrected chi connectivity index (χ4v) is 6.88. The number of fused-ring (bicyclic) bond motifs is 2. The Morgan fingerprint density at radius 1 is 0.486 bits per heavy atom. The normalized spacial score (nSPS) is 19.2. The lowest BCUT2D eigenvalue weighted by Gasteiger charge is -2.41. The van der Waals surface area contributed by atoms with E-state index in [1.807, 2.05) is 0 Å².